The minimum Gasteiger partial charge on any atom is -0.478 e. The van der Waals surface area contributed by atoms with Crippen molar-refractivity contribution in [2.45, 2.75) is 13.1 Å². The maximum absolute atomic E-state index is 12.1. The second kappa shape index (κ2) is 6.41. The molecule has 1 unspecified atom stereocenters. The van der Waals surface area contributed by atoms with Gasteiger partial charge in [-0.1, -0.05) is 30.3 Å². The van der Waals surface area contributed by atoms with E-state index in [1.165, 1.54) is 12.1 Å². The molecule has 0 saturated heterocycles. The zero-order valence-corrected chi connectivity index (χ0v) is 12.8. The van der Waals surface area contributed by atoms with Gasteiger partial charge in [-0.25, -0.2) is 4.79 Å². The molecule has 2 aromatic carbocycles. The highest BCUT2D eigenvalue weighted by Crippen LogP contribution is 2.25. The Bertz CT molecular complexity index is 846. The summed E-state index contributed by atoms with van der Waals surface area (Å²) in [4.78, 5) is 28.9. The van der Waals surface area contributed by atoms with Gasteiger partial charge >= 0.3 is 5.97 Å². The van der Waals surface area contributed by atoms with E-state index in [0.29, 0.717) is 5.84 Å². The molecule has 0 aliphatic carbocycles. The number of hydrogen-bond donors (Lipinski definition) is 1. The number of anilines is 1. The predicted octanol–water partition coefficient (Wildman–Crippen LogP) is 3.26. The van der Waals surface area contributed by atoms with Gasteiger partial charge < -0.3 is 5.11 Å². The number of azo groups is 1. The zero-order chi connectivity index (χ0) is 17.1. The Kier molecular flexibility index (Phi) is 4.15. The highest BCUT2D eigenvalue weighted by Gasteiger charge is 2.34. The van der Waals surface area contributed by atoms with Crippen LogP contribution in [0.3, 0.4) is 0 Å². The van der Waals surface area contributed by atoms with Crippen LogP contribution in [0.15, 0.2) is 69.8 Å². The molecule has 0 radical (unpaired) electrons. The molecule has 0 fully saturated rings. The molecule has 1 heterocycles. The molecular weight excluding hydrogens is 308 g/mol. The van der Waals surface area contributed by atoms with Crippen LogP contribution in [0.5, 0.6) is 0 Å². The van der Waals surface area contributed by atoms with Crippen molar-refractivity contribution in [2.24, 2.45) is 15.2 Å². The minimum absolute atomic E-state index is 0.0237. The molecule has 1 aliphatic rings. The van der Waals surface area contributed by atoms with E-state index < -0.39 is 18.0 Å². The normalized spacial score (nSPS) is 17.4. The molecule has 0 spiro atoms. The second-order valence-corrected chi connectivity index (χ2v) is 5.11. The number of nitrogens with zero attached hydrogens (tertiary/aromatic N) is 4. The molecule has 120 valence electrons. The molecule has 24 heavy (non-hydrogen) atoms. The van der Waals surface area contributed by atoms with E-state index in [0.717, 1.165) is 5.69 Å². The monoisotopic (exact) mass is 322 g/mol. The van der Waals surface area contributed by atoms with Crippen molar-refractivity contribution < 1.29 is 14.7 Å². The summed E-state index contributed by atoms with van der Waals surface area (Å²) in [6, 6.07) is 15.5. The van der Waals surface area contributed by atoms with Crippen LogP contribution in [0.25, 0.3) is 0 Å². The summed E-state index contributed by atoms with van der Waals surface area (Å²) in [6.07, 6.45) is -0.936. The smallest absolute Gasteiger partial charge is 0.337 e. The number of benzene rings is 2. The molecule has 0 aromatic heterocycles. The Labute approximate surface area is 138 Å². The molecule has 1 amide bonds. The standard InChI is InChI=1S/C17H14N4O3/c1-11-18-16(22)15(21(11)12-7-3-2-4-8-12)20-19-14-10-6-5-9-13(14)17(23)24/h2-10,15H,1H3,(H,23,24). The first-order valence-corrected chi connectivity index (χ1v) is 7.24. The molecule has 1 aliphatic heterocycles. The lowest BCUT2D eigenvalue weighted by atomic mass is 10.2. The van der Waals surface area contributed by atoms with Gasteiger partial charge in [0.25, 0.3) is 5.91 Å². The summed E-state index contributed by atoms with van der Waals surface area (Å²) < 4.78 is 0. The minimum atomic E-state index is -1.10. The summed E-state index contributed by atoms with van der Waals surface area (Å²) in [5, 5.41) is 17.2. The Morgan fingerprint density at radius 2 is 1.79 bits per heavy atom. The van der Waals surface area contributed by atoms with Gasteiger partial charge in [0.2, 0.25) is 6.17 Å². The van der Waals surface area contributed by atoms with E-state index in [1.54, 1.807) is 24.0 Å². The molecule has 1 N–H and O–H groups in total. The van der Waals surface area contributed by atoms with Crippen molar-refractivity contribution in [3.8, 4) is 0 Å². The van der Waals surface area contributed by atoms with E-state index in [1.807, 2.05) is 30.3 Å². The van der Waals surface area contributed by atoms with Gasteiger partial charge in [-0.05, 0) is 31.2 Å². The maximum Gasteiger partial charge on any atom is 0.337 e. The first-order chi connectivity index (χ1) is 11.6. The average molecular weight is 322 g/mol. The van der Waals surface area contributed by atoms with Crippen molar-refractivity contribution in [2.75, 3.05) is 4.90 Å². The predicted molar refractivity (Wildman–Crippen MR) is 88.7 cm³/mol. The van der Waals surface area contributed by atoms with Crippen LogP contribution >= 0.6 is 0 Å². The number of carbonyl (C=O) groups is 2. The Hall–Kier alpha value is -3.35. The van der Waals surface area contributed by atoms with Crippen molar-refractivity contribution in [3.05, 3.63) is 60.2 Å². The highest BCUT2D eigenvalue weighted by molar-refractivity contribution is 6.13. The number of amidine groups is 1. The Morgan fingerprint density at radius 1 is 1.12 bits per heavy atom. The topological polar surface area (TPSA) is 94.7 Å². The van der Waals surface area contributed by atoms with Crippen molar-refractivity contribution in [1.29, 1.82) is 0 Å². The largest absolute Gasteiger partial charge is 0.478 e. The van der Waals surface area contributed by atoms with Crippen LogP contribution in [0.2, 0.25) is 0 Å². The van der Waals surface area contributed by atoms with Gasteiger partial charge in [-0.2, -0.15) is 15.2 Å². The van der Waals surface area contributed by atoms with Crippen molar-refractivity contribution >= 4 is 29.1 Å². The fourth-order valence-corrected chi connectivity index (χ4v) is 2.43. The number of carboxylic acid groups (broad SMARTS) is 1. The lowest BCUT2D eigenvalue weighted by Crippen LogP contribution is -2.35. The average Bonchev–Trinajstić information content (AvgIpc) is 2.87. The number of aliphatic imine (C=N–C) groups is 1. The van der Waals surface area contributed by atoms with E-state index in [9.17, 15) is 14.7 Å². The van der Waals surface area contributed by atoms with Crippen LogP contribution in [-0.4, -0.2) is 29.0 Å². The number of para-hydroxylation sites is 1. The molecule has 0 saturated carbocycles. The molecular formula is C17H14N4O3. The number of aromatic carboxylic acids is 1. The highest BCUT2D eigenvalue weighted by atomic mass is 16.4. The van der Waals surface area contributed by atoms with E-state index in [4.69, 9.17) is 0 Å². The molecule has 7 heteroatoms. The summed E-state index contributed by atoms with van der Waals surface area (Å²) >= 11 is 0. The third-order valence-electron chi connectivity index (χ3n) is 3.53. The van der Waals surface area contributed by atoms with E-state index in [-0.39, 0.29) is 11.3 Å². The molecule has 2 aromatic rings. The number of carboxylic acids is 1. The first kappa shape index (κ1) is 15.5. The lowest BCUT2D eigenvalue weighted by Gasteiger charge is -2.21. The van der Waals surface area contributed by atoms with E-state index >= 15 is 0 Å². The van der Waals surface area contributed by atoms with Gasteiger partial charge in [0, 0.05) is 5.69 Å². The molecule has 1 atom stereocenters. The molecule has 0 bridgehead atoms. The second-order valence-electron chi connectivity index (χ2n) is 5.11. The number of amides is 1. The van der Waals surface area contributed by atoms with Crippen LogP contribution < -0.4 is 4.90 Å². The Morgan fingerprint density at radius 3 is 2.50 bits per heavy atom. The number of rotatable bonds is 4. The van der Waals surface area contributed by atoms with Crippen LogP contribution in [-0.2, 0) is 4.79 Å². The quantitative estimate of drug-likeness (QED) is 0.874. The van der Waals surface area contributed by atoms with Gasteiger partial charge in [-0.3, -0.25) is 9.69 Å². The number of hydrogen-bond acceptors (Lipinski definition) is 5. The van der Waals surface area contributed by atoms with Crippen LogP contribution in [0.4, 0.5) is 11.4 Å². The summed E-state index contributed by atoms with van der Waals surface area (Å²) in [5.41, 5.74) is 0.978. The van der Waals surface area contributed by atoms with Crippen LogP contribution in [0, 0.1) is 0 Å². The number of carbonyl (C=O) groups excluding carboxylic acids is 1. The van der Waals surface area contributed by atoms with Crippen molar-refractivity contribution in [3.63, 3.8) is 0 Å². The summed E-state index contributed by atoms with van der Waals surface area (Å²) in [6.45, 7) is 1.71. The maximum atomic E-state index is 12.1. The summed E-state index contributed by atoms with van der Waals surface area (Å²) in [5.74, 6) is -1.02. The van der Waals surface area contributed by atoms with Crippen LogP contribution in [0.1, 0.15) is 17.3 Å². The van der Waals surface area contributed by atoms with Gasteiger partial charge in [-0.15, -0.1) is 0 Å². The van der Waals surface area contributed by atoms with Gasteiger partial charge in [0.05, 0.1) is 11.3 Å². The first-order valence-electron chi connectivity index (χ1n) is 7.24. The molecule has 3 rings (SSSR count). The third kappa shape index (κ3) is 2.91. The third-order valence-corrected chi connectivity index (χ3v) is 3.53. The fraction of sp³-hybridized carbons (Fsp3) is 0.118. The molecule has 7 nitrogen and oxygen atoms in total. The Balaban J connectivity index is 1.94. The van der Waals surface area contributed by atoms with Gasteiger partial charge in [0.15, 0.2) is 0 Å². The SMILES string of the molecule is CC1=NC(=O)C(N=Nc2ccccc2C(=O)O)N1c1ccccc1. The van der Waals surface area contributed by atoms with Gasteiger partial charge in [0.1, 0.15) is 5.84 Å². The lowest BCUT2D eigenvalue weighted by molar-refractivity contribution is -0.118. The summed E-state index contributed by atoms with van der Waals surface area (Å²) in [7, 11) is 0. The van der Waals surface area contributed by atoms with Crippen molar-refractivity contribution in [1.82, 2.24) is 0 Å². The zero-order valence-electron chi connectivity index (χ0n) is 12.8. The fourth-order valence-electron chi connectivity index (χ4n) is 2.43. The van der Waals surface area contributed by atoms with E-state index in [2.05, 4.69) is 15.2 Å².